The maximum Gasteiger partial charge on any atom is 0.0633 e. The third kappa shape index (κ3) is 3.87. The highest BCUT2D eigenvalue weighted by molar-refractivity contribution is 6.33. The quantitative estimate of drug-likeness (QED) is 0.188. The van der Waals surface area contributed by atoms with Gasteiger partial charge in [0.15, 0.2) is 0 Å². The molecule has 0 saturated carbocycles. The van der Waals surface area contributed by atoms with E-state index >= 15 is 0 Å². The third-order valence-electron chi connectivity index (χ3n) is 9.84. The van der Waals surface area contributed by atoms with E-state index in [2.05, 4.69) is 191 Å². The Labute approximate surface area is 278 Å². The molecule has 224 valence electrons. The van der Waals surface area contributed by atoms with Gasteiger partial charge in [-0.25, -0.2) is 0 Å². The average molecular weight is 611 g/mol. The van der Waals surface area contributed by atoms with Crippen LogP contribution in [0, 0.1) is 0 Å². The number of nitrogens with zero attached hydrogens (tertiary/aromatic N) is 2. The van der Waals surface area contributed by atoms with Crippen molar-refractivity contribution in [3.63, 3.8) is 0 Å². The predicted octanol–water partition coefficient (Wildman–Crippen LogP) is 12.4. The van der Waals surface area contributed by atoms with Crippen molar-refractivity contribution in [2.75, 3.05) is 0 Å². The lowest BCUT2D eigenvalue weighted by Gasteiger charge is -2.18. The van der Waals surface area contributed by atoms with E-state index < -0.39 is 0 Å². The summed E-state index contributed by atoms with van der Waals surface area (Å²) in [5, 5.41) is 7.48. The predicted molar refractivity (Wildman–Crippen MR) is 203 cm³/mol. The van der Waals surface area contributed by atoms with Crippen molar-refractivity contribution in [3.8, 4) is 33.6 Å². The molecule has 0 saturated heterocycles. The summed E-state index contributed by atoms with van der Waals surface area (Å²) in [6.45, 7) is 0. The van der Waals surface area contributed by atoms with Gasteiger partial charge in [-0.3, -0.25) is 0 Å². The lowest BCUT2D eigenvalue weighted by Crippen LogP contribution is -1.99. The van der Waals surface area contributed by atoms with Crippen molar-refractivity contribution in [2.24, 2.45) is 0 Å². The van der Waals surface area contributed by atoms with Crippen LogP contribution in [0.1, 0.15) is 0 Å². The maximum atomic E-state index is 2.51. The first-order valence-corrected chi connectivity index (χ1v) is 16.5. The molecule has 0 spiro atoms. The summed E-state index contributed by atoms with van der Waals surface area (Å²) in [6, 6.07) is 66.1. The molecule has 0 fully saturated rings. The Morgan fingerprint density at radius 2 is 0.729 bits per heavy atom. The Balaban J connectivity index is 1.60. The van der Waals surface area contributed by atoms with E-state index in [1.807, 2.05) is 0 Å². The van der Waals surface area contributed by atoms with E-state index in [4.69, 9.17) is 0 Å². The van der Waals surface area contributed by atoms with Gasteiger partial charge in [0, 0.05) is 44.0 Å². The number of fused-ring (bicyclic) bond motifs is 7. The summed E-state index contributed by atoms with van der Waals surface area (Å²) in [5.74, 6) is 0. The Morgan fingerprint density at radius 1 is 0.312 bits per heavy atom. The molecule has 2 aromatic heterocycles. The molecule has 10 aromatic rings. The van der Waals surface area contributed by atoms with Gasteiger partial charge in [0.2, 0.25) is 0 Å². The summed E-state index contributed by atoms with van der Waals surface area (Å²) >= 11 is 0. The fraction of sp³-hybridized carbons (Fsp3) is 0. The Kier molecular flexibility index (Phi) is 5.91. The molecule has 2 nitrogen and oxygen atoms in total. The second-order valence-electron chi connectivity index (χ2n) is 12.5. The van der Waals surface area contributed by atoms with Crippen molar-refractivity contribution in [3.05, 3.63) is 182 Å². The normalized spacial score (nSPS) is 11.8. The molecule has 0 aliphatic carbocycles. The molecular weight excluding hydrogens is 581 g/mol. The lowest BCUT2D eigenvalue weighted by molar-refractivity contribution is 1.18. The van der Waals surface area contributed by atoms with Gasteiger partial charge < -0.3 is 9.13 Å². The first-order chi connectivity index (χ1) is 23.9. The van der Waals surface area contributed by atoms with Gasteiger partial charge in [0.05, 0.1) is 22.1 Å². The molecule has 0 atom stereocenters. The summed E-state index contributed by atoms with van der Waals surface area (Å²) in [4.78, 5) is 0. The zero-order valence-corrected chi connectivity index (χ0v) is 26.2. The largest absolute Gasteiger partial charge is 0.309 e. The van der Waals surface area contributed by atoms with Crippen LogP contribution in [0.5, 0.6) is 0 Å². The molecule has 0 aliphatic rings. The molecule has 0 unspecified atom stereocenters. The zero-order chi connectivity index (χ0) is 31.6. The summed E-state index contributed by atoms with van der Waals surface area (Å²) in [6.07, 6.45) is 0. The number of aromatic nitrogens is 2. The standard InChI is InChI=1S/C46H30N2/c1-5-17-31(18-6-1)41-43-37-27-15-16-28-39(37)47(35-23-9-3-10-24-35)45(43)42(32-19-7-2-8-20-32)44-38-29-33-21-13-14-22-34(33)30-40(38)48(46(41)44)36-25-11-4-12-26-36/h1-30H. The van der Waals surface area contributed by atoms with Crippen LogP contribution in [0.4, 0.5) is 0 Å². The van der Waals surface area contributed by atoms with Crippen molar-refractivity contribution >= 4 is 54.4 Å². The van der Waals surface area contributed by atoms with Crippen LogP contribution in [-0.4, -0.2) is 9.13 Å². The maximum absolute atomic E-state index is 2.51. The summed E-state index contributed by atoms with van der Waals surface area (Å²) in [7, 11) is 0. The average Bonchev–Trinajstić information content (AvgIpc) is 3.67. The molecule has 0 N–H and O–H groups in total. The number of hydrogen-bond donors (Lipinski definition) is 0. The topological polar surface area (TPSA) is 9.86 Å². The van der Waals surface area contributed by atoms with Gasteiger partial charge in [-0.15, -0.1) is 0 Å². The Hall–Kier alpha value is -6.38. The van der Waals surface area contributed by atoms with E-state index in [0.717, 1.165) is 11.4 Å². The van der Waals surface area contributed by atoms with E-state index in [1.54, 1.807) is 0 Å². The highest BCUT2D eigenvalue weighted by Gasteiger charge is 2.28. The zero-order valence-electron chi connectivity index (χ0n) is 26.2. The minimum Gasteiger partial charge on any atom is -0.309 e. The van der Waals surface area contributed by atoms with E-state index in [-0.39, 0.29) is 0 Å². The molecule has 2 heterocycles. The third-order valence-corrected chi connectivity index (χ3v) is 9.84. The number of rotatable bonds is 4. The minimum atomic E-state index is 1.15. The van der Waals surface area contributed by atoms with Crippen LogP contribution in [0.25, 0.3) is 88.0 Å². The first-order valence-electron chi connectivity index (χ1n) is 16.5. The second-order valence-corrected chi connectivity index (χ2v) is 12.5. The van der Waals surface area contributed by atoms with Crippen molar-refractivity contribution in [1.82, 2.24) is 9.13 Å². The molecule has 2 heteroatoms. The fourth-order valence-corrected chi connectivity index (χ4v) is 7.89. The highest BCUT2D eigenvalue weighted by atomic mass is 15.0. The molecule has 48 heavy (non-hydrogen) atoms. The van der Waals surface area contributed by atoms with Crippen molar-refractivity contribution in [2.45, 2.75) is 0 Å². The van der Waals surface area contributed by atoms with Crippen LogP contribution in [0.15, 0.2) is 182 Å². The van der Waals surface area contributed by atoms with Gasteiger partial charge in [0.25, 0.3) is 0 Å². The number of para-hydroxylation sites is 3. The molecule has 8 aromatic carbocycles. The van der Waals surface area contributed by atoms with Gasteiger partial charge in [-0.2, -0.15) is 0 Å². The SMILES string of the molecule is c1ccc(-c2c3c4cc5ccccc5cc4n(-c4ccccc4)c3c(-c3ccccc3)c3c4ccccc4n(-c4ccccc4)c23)cc1. The van der Waals surface area contributed by atoms with Crippen LogP contribution >= 0.6 is 0 Å². The fourth-order valence-electron chi connectivity index (χ4n) is 7.89. The molecule has 0 aliphatic heterocycles. The van der Waals surface area contributed by atoms with E-state index in [9.17, 15) is 0 Å². The smallest absolute Gasteiger partial charge is 0.0633 e. The molecule has 0 radical (unpaired) electrons. The van der Waals surface area contributed by atoms with Gasteiger partial charge in [0.1, 0.15) is 0 Å². The van der Waals surface area contributed by atoms with Gasteiger partial charge in [-0.05, 0) is 64.4 Å². The Morgan fingerprint density at radius 3 is 1.29 bits per heavy atom. The minimum absolute atomic E-state index is 1.15. The monoisotopic (exact) mass is 610 g/mol. The molecule has 0 amide bonds. The summed E-state index contributed by atoms with van der Waals surface area (Å²) < 4.78 is 5.01. The highest BCUT2D eigenvalue weighted by Crippen LogP contribution is 2.52. The van der Waals surface area contributed by atoms with Crippen molar-refractivity contribution < 1.29 is 0 Å². The van der Waals surface area contributed by atoms with Gasteiger partial charge >= 0.3 is 0 Å². The van der Waals surface area contributed by atoms with Gasteiger partial charge in [-0.1, -0.05) is 140 Å². The molecule has 10 rings (SSSR count). The van der Waals surface area contributed by atoms with Crippen LogP contribution in [0.3, 0.4) is 0 Å². The van der Waals surface area contributed by atoms with Crippen LogP contribution < -0.4 is 0 Å². The first kappa shape index (κ1) is 26.8. The number of benzene rings is 8. The van der Waals surface area contributed by atoms with E-state index in [1.165, 1.54) is 76.6 Å². The van der Waals surface area contributed by atoms with Crippen LogP contribution in [0.2, 0.25) is 0 Å². The Bertz CT molecular complexity index is 2790. The number of hydrogen-bond acceptors (Lipinski definition) is 0. The lowest BCUT2D eigenvalue weighted by atomic mass is 9.89. The summed E-state index contributed by atoms with van der Waals surface area (Å²) in [5.41, 5.74) is 12.0. The van der Waals surface area contributed by atoms with E-state index in [0.29, 0.717) is 0 Å². The van der Waals surface area contributed by atoms with Crippen molar-refractivity contribution in [1.29, 1.82) is 0 Å². The molecule has 0 bridgehead atoms. The van der Waals surface area contributed by atoms with Crippen LogP contribution in [-0.2, 0) is 0 Å². The molecular formula is C46H30N2. The second kappa shape index (κ2) is 10.6.